The molecule has 2 N–H and O–H groups in total. The third kappa shape index (κ3) is 4.50. The molecular weight excluding hydrogens is 226 g/mol. The molecule has 4 heteroatoms. The van der Waals surface area contributed by atoms with Crippen LogP contribution >= 0.6 is 0 Å². The molecule has 1 saturated carbocycles. The number of nitrogens with two attached hydrogens (primary N) is 1. The van der Waals surface area contributed by atoms with Gasteiger partial charge in [0.25, 0.3) is 0 Å². The standard InChI is InChI=1S/C14H31N3O/c1-16(2)14(8-6-9-14)12-17(3)11-13(15)7-5-10-18-4/h13H,5-12,15H2,1-4H3. The van der Waals surface area contributed by atoms with E-state index in [2.05, 4.69) is 30.9 Å². The second-order valence-corrected chi connectivity index (χ2v) is 6.06. The van der Waals surface area contributed by atoms with Crippen LogP contribution in [0, 0.1) is 0 Å². The van der Waals surface area contributed by atoms with Crippen LogP contribution in [-0.4, -0.2) is 69.3 Å². The van der Waals surface area contributed by atoms with Gasteiger partial charge >= 0.3 is 0 Å². The van der Waals surface area contributed by atoms with Crippen molar-refractivity contribution in [2.75, 3.05) is 47.9 Å². The van der Waals surface area contributed by atoms with Gasteiger partial charge in [0, 0.05) is 38.4 Å². The van der Waals surface area contributed by atoms with Gasteiger partial charge in [-0.25, -0.2) is 0 Å². The quantitative estimate of drug-likeness (QED) is 0.629. The first-order valence-corrected chi connectivity index (χ1v) is 7.11. The number of nitrogens with zero attached hydrogens (tertiary/aromatic N) is 2. The lowest BCUT2D eigenvalue weighted by molar-refractivity contribution is 0.0262. The van der Waals surface area contributed by atoms with Gasteiger partial charge in [-0.15, -0.1) is 0 Å². The Morgan fingerprint density at radius 2 is 1.94 bits per heavy atom. The lowest BCUT2D eigenvalue weighted by Crippen LogP contribution is -2.57. The summed E-state index contributed by atoms with van der Waals surface area (Å²) in [5, 5.41) is 0. The minimum atomic E-state index is 0.268. The average Bonchev–Trinajstić information content (AvgIpc) is 2.23. The molecular formula is C14H31N3O. The van der Waals surface area contributed by atoms with E-state index in [0.29, 0.717) is 5.54 Å². The maximum absolute atomic E-state index is 6.16. The fourth-order valence-corrected chi connectivity index (χ4v) is 2.88. The molecule has 108 valence electrons. The average molecular weight is 257 g/mol. The molecule has 1 aliphatic rings. The van der Waals surface area contributed by atoms with E-state index in [-0.39, 0.29) is 6.04 Å². The fraction of sp³-hybridized carbons (Fsp3) is 1.00. The van der Waals surface area contributed by atoms with Gasteiger partial charge in [-0.05, 0) is 53.2 Å². The highest BCUT2D eigenvalue weighted by atomic mass is 16.5. The summed E-state index contributed by atoms with van der Waals surface area (Å²) < 4.78 is 5.06. The number of hydrogen-bond acceptors (Lipinski definition) is 4. The van der Waals surface area contributed by atoms with Crippen molar-refractivity contribution in [1.29, 1.82) is 0 Å². The molecule has 0 spiro atoms. The smallest absolute Gasteiger partial charge is 0.0462 e. The molecule has 1 unspecified atom stereocenters. The van der Waals surface area contributed by atoms with E-state index in [1.807, 2.05) is 0 Å². The molecule has 0 saturated heterocycles. The summed E-state index contributed by atoms with van der Waals surface area (Å²) in [4.78, 5) is 4.79. The van der Waals surface area contributed by atoms with Crippen molar-refractivity contribution in [1.82, 2.24) is 9.80 Å². The molecule has 0 aromatic rings. The number of likely N-dealkylation sites (N-methyl/N-ethyl adjacent to an activating group) is 2. The SMILES string of the molecule is COCCCC(N)CN(C)CC1(N(C)C)CCC1. The second-order valence-electron chi connectivity index (χ2n) is 6.06. The Kier molecular flexibility index (Phi) is 6.57. The van der Waals surface area contributed by atoms with E-state index in [1.165, 1.54) is 19.3 Å². The zero-order chi connectivity index (χ0) is 13.6. The summed E-state index contributed by atoms with van der Waals surface area (Å²) in [6, 6.07) is 0.268. The molecule has 4 nitrogen and oxygen atoms in total. The number of methoxy groups -OCH3 is 1. The van der Waals surface area contributed by atoms with E-state index < -0.39 is 0 Å². The number of rotatable bonds is 9. The van der Waals surface area contributed by atoms with Crippen molar-refractivity contribution in [3.63, 3.8) is 0 Å². The van der Waals surface area contributed by atoms with E-state index in [0.717, 1.165) is 32.5 Å². The van der Waals surface area contributed by atoms with Crippen LogP contribution in [0.4, 0.5) is 0 Å². The lowest BCUT2D eigenvalue weighted by Gasteiger charge is -2.49. The van der Waals surface area contributed by atoms with Crippen LogP contribution in [0.5, 0.6) is 0 Å². The van der Waals surface area contributed by atoms with Crippen molar-refractivity contribution in [2.24, 2.45) is 5.73 Å². The first kappa shape index (κ1) is 15.9. The van der Waals surface area contributed by atoms with Crippen LogP contribution in [0.3, 0.4) is 0 Å². The normalized spacial score (nSPS) is 20.2. The summed E-state index contributed by atoms with van der Waals surface area (Å²) in [6.45, 7) is 2.94. The Hall–Kier alpha value is -0.160. The highest BCUT2D eigenvalue weighted by Gasteiger charge is 2.39. The van der Waals surface area contributed by atoms with Gasteiger partial charge < -0.3 is 20.3 Å². The molecule has 1 atom stereocenters. The Balaban J connectivity index is 2.25. The maximum atomic E-state index is 6.16. The molecule has 0 bridgehead atoms. The maximum Gasteiger partial charge on any atom is 0.0462 e. The molecule has 18 heavy (non-hydrogen) atoms. The highest BCUT2D eigenvalue weighted by Crippen LogP contribution is 2.36. The topological polar surface area (TPSA) is 41.7 Å². The third-order valence-electron chi connectivity index (χ3n) is 4.27. The third-order valence-corrected chi connectivity index (χ3v) is 4.27. The number of hydrogen-bond donors (Lipinski definition) is 1. The zero-order valence-corrected chi connectivity index (χ0v) is 12.6. The Bertz CT molecular complexity index is 229. The monoisotopic (exact) mass is 257 g/mol. The van der Waals surface area contributed by atoms with Gasteiger partial charge in [0.15, 0.2) is 0 Å². The van der Waals surface area contributed by atoms with Crippen LogP contribution in [0.15, 0.2) is 0 Å². The summed E-state index contributed by atoms with van der Waals surface area (Å²) in [6.07, 6.45) is 6.12. The Labute approximate surface area is 112 Å². The first-order valence-electron chi connectivity index (χ1n) is 7.11. The minimum Gasteiger partial charge on any atom is -0.385 e. The Morgan fingerprint density at radius 3 is 2.39 bits per heavy atom. The van der Waals surface area contributed by atoms with Gasteiger partial charge in [0.2, 0.25) is 0 Å². The fourth-order valence-electron chi connectivity index (χ4n) is 2.88. The second kappa shape index (κ2) is 7.43. The van der Waals surface area contributed by atoms with E-state index in [1.54, 1.807) is 7.11 Å². The Morgan fingerprint density at radius 1 is 1.28 bits per heavy atom. The predicted octanol–water partition coefficient (Wildman–Crippen LogP) is 1.16. The number of ether oxygens (including phenoxy) is 1. The van der Waals surface area contributed by atoms with E-state index in [9.17, 15) is 0 Å². The predicted molar refractivity (Wildman–Crippen MR) is 76.9 cm³/mol. The van der Waals surface area contributed by atoms with Crippen molar-refractivity contribution in [2.45, 2.75) is 43.7 Å². The summed E-state index contributed by atoms with van der Waals surface area (Å²) in [7, 11) is 8.34. The summed E-state index contributed by atoms with van der Waals surface area (Å²) in [5.74, 6) is 0. The molecule has 1 rings (SSSR count). The van der Waals surface area contributed by atoms with Gasteiger partial charge in [0.1, 0.15) is 0 Å². The molecule has 0 heterocycles. The van der Waals surface area contributed by atoms with Crippen LogP contribution in [0.1, 0.15) is 32.1 Å². The van der Waals surface area contributed by atoms with E-state index in [4.69, 9.17) is 10.5 Å². The van der Waals surface area contributed by atoms with Crippen molar-refractivity contribution in [3.05, 3.63) is 0 Å². The molecule has 1 aliphatic carbocycles. The molecule has 0 amide bonds. The minimum absolute atomic E-state index is 0.268. The largest absolute Gasteiger partial charge is 0.385 e. The van der Waals surface area contributed by atoms with Crippen LogP contribution in [0.2, 0.25) is 0 Å². The van der Waals surface area contributed by atoms with Gasteiger partial charge in [-0.1, -0.05) is 0 Å². The van der Waals surface area contributed by atoms with Crippen LogP contribution in [0.25, 0.3) is 0 Å². The first-order chi connectivity index (χ1) is 8.50. The molecule has 0 aliphatic heterocycles. The van der Waals surface area contributed by atoms with Gasteiger partial charge in [-0.3, -0.25) is 0 Å². The lowest BCUT2D eigenvalue weighted by atomic mass is 9.75. The zero-order valence-electron chi connectivity index (χ0n) is 12.6. The molecule has 0 radical (unpaired) electrons. The van der Waals surface area contributed by atoms with E-state index >= 15 is 0 Å². The van der Waals surface area contributed by atoms with Crippen molar-refractivity contribution < 1.29 is 4.74 Å². The van der Waals surface area contributed by atoms with Crippen molar-refractivity contribution in [3.8, 4) is 0 Å². The van der Waals surface area contributed by atoms with Gasteiger partial charge in [-0.2, -0.15) is 0 Å². The highest BCUT2D eigenvalue weighted by molar-refractivity contribution is 4.98. The van der Waals surface area contributed by atoms with Crippen LogP contribution in [-0.2, 0) is 4.74 Å². The summed E-state index contributed by atoms with van der Waals surface area (Å²) >= 11 is 0. The molecule has 0 aromatic heterocycles. The summed E-state index contributed by atoms with van der Waals surface area (Å²) in [5.41, 5.74) is 6.56. The van der Waals surface area contributed by atoms with Crippen molar-refractivity contribution >= 4 is 0 Å². The van der Waals surface area contributed by atoms with Crippen LogP contribution < -0.4 is 5.73 Å². The molecule has 0 aromatic carbocycles. The molecule has 1 fully saturated rings. The van der Waals surface area contributed by atoms with Gasteiger partial charge in [0.05, 0.1) is 0 Å².